The van der Waals surface area contributed by atoms with Crippen molar-refractivity contribution in [3.63, 3.8) is 0 Å². The number of hydrogen-bond acceptors (Lipinski definition) is 3. The van der Waals surface area contributed by atoms with Crippen LogP contribution in [0.1, 0.15) is 13.8 Å². The normalized spacial score (nSPS) is 17.6. The molecule has 0 aromatic carbocycles. The van der Waals surface area contributed by atoms with E-state index in [1.807, 2.05) is 20.9 Å². The van der Waals surface area contributed by atoms with Gasteiger partial charge >= 0.3 is 6.03 Å². The van der Waals surface area contributed by atoms with Crippen LogP contribution in [0.2, 0.25) is 0 Å². The Kier molecular flexibility index (Phi) is 4.73. The maximum absolute atomic E-state index is 11.7. The molecular formula is C11H21N3O2. The fraction of sp³-hybridized carbons (Fsp3) is 0.818. The van der Waals surface area contributed by atoms with Gasteiger partial charge in [-0.25, -0.2) is 4.79 Å². The molecular weight excluding hydrogens is 206 g/mol. The summed E-state index contributed by atoms with van der Waals surface area (Å²) in [5.74, 6) is 0.0512. The number of piperazine rings is 1. The van der Waals surface area contributed by atoms with Gasteiger partial charge in [-0.2, -0.15) is 0 Å². The molecule has 0 aliphatic carbocycles. The van der Waals surface area contributed by atoms with Gasteiger partial charge in [-0.1, -0.05) is 13.8 Å². The molecule has 1 rings (SSSR count). The van der Waals surface area contributed by atoms with E-state index in [1.54, 1.807) is 4.90 Å². The number of ketones is 1. The van der Waals surface area contributed by atoms with E-state index < -0.39 is 0 Å². The monoisotopic (exact) mass is 227 g/mol. The molecule has 0 saturated carbocycles. The van der Waals surface area contributed by atoms with Gasteiger partial charge in [-0.15, -0.1) is 0 Å². The number of nitrogens with one attached hydrogen (secondary N) is 1. The smallest absolute Gasteiger partial charge is 0.317 e. The lowest BCUT2D eigenvalue weighted by molar-refractivity contribution is -0.120. The molecule has 0 spiro atoms. The number of likely N-dealkylation sites (N-methyl/N-ethyl adjacent to an activating group) is 1. The van der Waals surface area contributed by atoms with E-state index in [9.17, 15) is 9.59 Å². The number of amides is 2. The molecule has 0 unspecified atom stereocenters. The standard InChI is InChI=1S/C11H21N3O2/c1-9(2)10(15)8-12-11(16)14-6-4-13(3)5-7-14/h9H,4-8H2,1-3H3,(H,12,16). The first-order valence-corrected chi connectivity index (χ1v) is 5.74. The summed E-state index contributed by atoms with van der Waals surface area (Å²) in [6.45, 7) is 7.07. The molecule has 0 aromatic rings. The Morgan fingerprint density at radius 1 is 1.19 bits per heavy atom. The molecule has 5 heteroatoms. The topological polar surface area (TPSA) is 52.7 Å². The molecule has 16 heavy (non-hydrogen) atoms. The number of rotatable bonds is 3. The van der Waals surface area contributed by atoms with Crippen molar-refractivity contribution in [1.29, 1.82) is 0 Å². The molecule has 1 aliphatic rings. The maximum atomic E-state index is 11.7. The number of urea groups is 1. The molecule has 0 atom stereocenters. The lowest BCUT2D eigenvalue weighted by Crippen LogP contribution is -2.51. The van der Waals surface area contributed by atoms with Crippen LogP contribution >= 0.6 is 0 Å². The maximum Gasteiger partial charge on any atom is 0.317 e. The Labute approximate surface area is 96.8 Å². The Balaban J connectivity index is 2.27. The van der Waals surface area contributed by atoms with E-state index in [4.69, 9.17) is 0 Å². The zero-order valence-electron chi connectivity index (χ0n) is 10.3. The Bertz CT molecular complexity index is 258. The van der Waals surface area contributed by atoms with Gasteiger partial charge in [0.1, 0.15) is 0 Å². The summed E-state index contributed by atoms with van der Waals surface area (Å²) in [4.78, 5) is 27.0. The van der Waals surface area contributed by atoms with E-state index >= 15 is 0 Å². The minimum atomic E-state index is -0.123. The minimum Gasteiger partial charge on any atom is -0.331 e. The van der Waals surface area contributed by atoms with Crippen molar-refractivity contribution in [3.05, 3.63) is 0 Å². The van der Waals surface area contributed by atoms with Crippen molar-refractivity contribution in [2.45, 2.75) is 13.8 Å². The first-order valence-electron chi connectivity index (χ1n) is 5.74. The number of carbonyl (C=O) groups is 2. The van der Waals surface area contributed by atoms with Crippen LogP contribution in [0.4, 0.5) is 4.79 Å². The quantitative estimate of drug-likeness (QED) is 0.747. The third-order valence-corrected chi connectivity index (χ3v) is 2.85. The summed E-state index contributed by atoms with van der Waals surface area (Å²) in [5, 5.41) is 2.67. The predicted molar refractivity (Wildman–Crippen MR) is 62.3 cm³/mol. The number of nitrogens with zero attached hydrogens (tertiary/aromatic N) is 2. The molecule has 1 heterocycles. The van der Waals surface area contributed by atoms with E-state index in [1.165, 1.54) is 0 Å². The van der Waals surface area contributed by atoms with Gasteiger partial charge in [0.2, 0.25) is 0 Å². The molecule has 0 aromatic heterocycles. The van der Waals surface area contributed by atoms with E-state index in [2.05, 4.69) is 10.2 Å². The zero-order valence-corrected chi connectivity index (χ0v) is 10.3. The van der Waals surface area contributed by atoms with Gasteiger partial charge in [-0.3, -0.25) is 4.79 Å². The lowest BCUT2D eigenvalue weighted by Gasteiger charge is -2.32. The van der Waals surface area contributed by atoms with Crippen molar-refractivity contribution in [2.24, 2.45) is 5.92 Å². The SMILES string of the molecule is CC(C)C(=O)CNC(=O)N1CCN(C)CC1. The van der Waals surface area contributed by atoms with Crippen LogP contribution in [-0.2, 0) is 4.79 Å². The second-order valence-corrected chi connectivity index (χ2v) is 4.57. The van der Waals surface area contributed by atoms with Crippen LogP contribution in [0.3, 0.4) is 0 Å². The first kappa shape index (κ1) is 13.0. The fourth-order valence-electron chi connectivity index (χ4n) is 1.49. The van der Waals surface area contributed by atoms with Crippen molar-refractivity contribution in [2.75, 3.05) is 39.8 Å². The molecule has 92 valence electrons. The summed E-state index contributed by atoms with van der Waals surface area (Å²) in [7, 11) is 2.04. The molecule has 2 amide bonds. The van der Waals surface area contributed by atoms with Gasteiger partial charge in [-0.05, 0) is 7.05 Å². The van der Waals surface area contributed by atoms with E-state index in [0.29, 0.717) is 0 Å². The van der Waals surface area contributed by atoms with Crippen LogP contribution in [0.5, 0.6) is 0 Å². The van der Waals surface area contributed by atoms with Crippen LogP contribution < -0.4 is 5.32 Å². The van der Waals surface area contributed by atoms with Crippen molar-refractivity contribution in [3.8, 4) is 0 Å². The second-order valence-electron chi connectivity index (χ2n) is 4.57. The highest BCUT2D eigenvalue weighted by atomic mass is 16.2. The highest BCUT2D eigenvalue weighted by Gasteiger charge is 2.19. The van der Waals surface area contributed by atoms with Gasteiger partial charge in [0, 0.05) is 32.1 Å². The second kappa shape index (κ2) is 5.84. The number of Topliss-reactive ketones (excluding diaryl/α,β-unsaturated/α-hetero) is 1. The van der Waals surface area contributed by atoms with Crippen LogP contribution in [0.25, 0.3) is 0 Å². The van der Waals surface area contributed by atoms with Gasteiger partial charge in [0.05, 0.1) is 6.54 Å². The molecule has 0 radical (unpaired) electrons. The average molecular weight is 227 g/mol. The lowest BCUT2D eigenvalue weighted by atomic mass is 10.1. The number of carbonyl (C=O) groups excluding carboxylic acids is 2. The zero-order chi connectivity index (χ0) is 12.1. The van der Waals surface area contributed by atoms with Crippen molar-refractivity contribution >= 4 is 11.8 Å². The van der Waals surface area contributed by atoms with Crippen molar-refractivity contribution < 1.29 is 9.59 Å². The van der Waals surface area contributed by atoms with Gasteiger partial charge < -0.3 is 15.1 Å². The molecule has 1 aliphatic heterocycles. The summed E-state index contributed by atoms with van der Waals surface area (Å²) < 4.78 is 0. The fourth-order valence-corrected chi connectivity index (χ4v) is 1.49. The van der Waals surface area contributed by atoms with Crippen LogP contribution in [0.15, 0.2) is 0 Å². The van der Waals surface area contributed by atoms with E-state index in [-0.39, 0.29) is 24.3 Å². The summed E-state index contributed by atoms with van der Waals surface area (Å²) in [5.41, 5.74) is 0. The largest absolute Gasteiger partial charge is 0.331 e. The molecule has 1 fully saturated rings. The van der Waals surface area contributed by atoms with Crippen molar-refractivity contribution in [1.82, 2.24) is 15.1 Å². The Morgan fingerprint density at radius 3 is 2.25 bits per heavy atom. The number of hydrogen-bond donors (Lipinski definition) is 1. The van der Waals surface area contributed by atoms with E-state index in [0.717, 1.165) is 26.2 Å². The van der Waals surface area contributed by atoms with Crippen LogP contribution in [0, 0.1) is 5.92 Å². The summed E-state index contributed by atoms with van der Waals surface area (Å²) in [6, 6.07) is -0.123. The average Bonchev–Trinajstić information content (AvgIpc) is 2.26. The minimum absolute atomic E-state index is 0.0206. The van der Waals surface area contributed by atoms with Crippen LogP contribution in [-0.4, -0.2) is 61.4 Å². The van der Waals surface area contributed by atoms with Gasteiger partial charge in [0.15, 0.2) is 5.78 Å². The molecule has 5 nitrogen and oxygen atoms in total. The first-order chi connectivity index (χ1) is 7.50. The highest BCUT2D eigenvalue weighted by molar-refractivity contribution is 5.86. The Morgan fingerprint density at radius 2 is 1.75 bits per heavy atom. The molecule has 0 bridgehead atoms. The molecule has 1 saturated heterocycles. The Hall–Kier alpha value is -1.10. The third kappa shape index (κ3) is 3.81. The third-order valence-electron chi connectivity index (χ3n) is 2.85. The highest BCUT2D eigenvalue weighted by Crippen LogP contribution is 1.99. The van der Waals surface area contributed by atoms with Gasteiger partial charge in [0.25, 0.3) is 0 Å². The predicted octanol–water partition coefficient (Wildman–Crippen LogP) is 0.169. The molecule has 1 N–H and O–H groups in total. The summed E-state index contributed by atoms with van der Waals surface area (Å²) >= 11 is 0. The summed E-state index contributed by atoms with van der Waals surface area (Å²) in [6.07, 6.45) is 0.